The highest BCUT2D eigenvalue weighted by atomic mass is 32.2. The Bertz CT molecular complexity index is 573. The molecule has 94 valence electrons. The number of hydrogen-bond donors (Lipinski definition) is 1. The van der Waals surface area contributed by atoms with Gasteiger partial charge in [-0.05, 0) is 47.2 Å². The van der Waals surface area contributed by atoms with Gasteiger partial charge in [-0.15, -0.1) is 5.10 Å². The fraction of sp³-hybridized carbons (Fsp3) is 0.300. The SMILES string of the molecule is Nc1cc(F)c(Sc2nnnn2C2CC2)c(F)c1. The lowest BCUT2D eigenvalue weighted by molar-refractivity contribution is 0.537. The maximum atomic E-state index is 13.6. The van der Waals surface area contributed by atoms with Crippen molar-refractivity contribution in [1.82, 2.24) is 20.2 Å². The van der Waals surface area contributed by atoms with Crippen molar-refractivity contribution < 1.29 is 8.78 Å². The number of nitrogens with two attached hydrogens (primary N) is 1. The minimum Gasteiger partial charge on any atom is -0.399 e. The van der Waals surface area contributed by atoms with E-state index in [1.807, 2.05) is 0 Å². The molecule has 1 aromatic heterocycles. The molecule has 0 aliphatic heterocycles. The van der Waals surface area contributed by atoms with Crippen LogP contribution in [0.2, 0.25) is 0 Å². The first-order chi connectivity index (χ1) is 8.65. The molecule has 1 aliphatic rings. The number of hydrogen-bond acceptors (Lipinski definition) is 5. The van der Waals surface area contributed by atoms with Crippen LogP contribution in [0.25, 0.3) is 0 Å². The van der Waals surface area contributed by atoms with Gasteiger partial charge in [-0.3, -0.25) is 0 Å². The number of rotatable bonds is 3. The quantitative estimate of drug-likeness (QED) is 0.863. The van der Waals surface area contributed by atoms with E-state index in [0.29, 0.717) is 5.16 Å². The lowest BCUT2D eigenvalue weighted by Gasteiger charge is -2.05. The summed E-state index contributed by atoms with van der Waals surface area (Å²) in [5.74, 6) is -1.41. The van der Waals surface area contributed by atoms with Crippen molar-refractivity contribution in [2.45, 2.75) is 28.9 Å². The predicted molar refractivity (Wildman–Crippen MR) is 61.0 cm³/mol. The molecule has 0 atom stereocenters. The molecule has 2 aromatic rings. The van der Waals surface area contributed by atoms with E-state index in [4.69, 9.17) is 5.73 Å². The smallest absolute Gasteiger partial charge is 0.214 e. The van der Waals surface area contributed by atoms with Gasteiger partial charge in [0.25, 0.3) is 0 Å². The van der Waals surface area contributed by atoms with E-state index in [9.17, 15) is 8.78 Å². The molecular formula is C10H9F2N5S. The summed E-state index contributed by atoms with van der Waals surface area (Å²) >= 11 is 0.872. The van der Waals surface area contributed by atoms with Crippen molar-refractivity contribution >= 4 is 17.4 Å². The molecule has 3 rings (SSSR count). The van der Waals surface area contributed by atoms with Gasteiger partial charge in [0.1, 0.15) is 11.6 Å². The molecule has 1 fully saturated rings. The number of nitrogen functional groups attached to an aromatic ring is 1. The first kappa shape index (κ1) is 11.4. The Balaban J connectivity index is 1.94. The zero-order valence-corrected chi connectivity index (χ0v) is 9.99. The van der Waals surface area contributed by atoms with Gasteiger partial charge in [0.15, 0.2) is 0 Å². The zero-order valence-electron chi connectivity index (χ0n) is 9.18. The molecule has 5 nitrogen and oxygen atoms in total. The van der Waals surface area contributed by atoms with Gasteiger partial charge in [-0.1, -0.05) is 0 Å². The normalized spacial score (nSPS) is 15.0. The summed E-state index contributed by atoms with van der Waals surface area (Å²) in [5.41, 5.74) is 5.41. The second kappa shape index (κ2) is 4.20. The van der Waals surface area contributed by atoms with Crippen LogP contribution in [0, 0.1) is 11.6 Å². The highest BCUT2D eigenvalue weighted by Gasteiger charge is 2.28. The number of anilines is 1. The summed E-state index contributed by atoms with van der Waals surface area (Å²) in [6, 6.07) is 2.41. The molecule has 0 saturated heterocycles. The zero-order chi connectivity index (χ0) is 12.7. The lowest BCUT2D eigenvalue weighted by Crippen LogP contribution is -2.00. The molecule has 0 bridgehead atoms. The predicted octanol–water partition coefficient (Wildman–Crippen LogP) is 2.02. The van der Waals surface area contributed by atoms with Crippen molar-refractivity contribution in [3.8, 4) is 0 Å². The molecular weight excluding hydrogens is 260 g/mol. The van der Waals surface area contributed by atoms with Gasteiger partial charge < -0.3 is 5.73 Å². The number of halogens is 2. The first-order valence-electron chi connectivity index (χ1n) is 5.35. The number of aromatic nitrogens is 4. The molecule has 1 heterocycles. The second-order valence-corrected chi connectivity index (χ2v) is 5.03. The van der Waals surface area contributed by atoms with Crippen LogP contribution < -0.4 is 5.73 Å². The maximum absolute atomic E-state index is 13.6. The standard InChI is InChI=1S/C10H9F2N5S/c11-7-3-5(13)4-8(12)9(7)18-10-14-15-16-17(10)6-1-2-6/h3-4,6H,1-2,13H2. The highest BCUT2D eigenvalue weighted by molar-refractivity contribution is 7.99. The number of tetrazole rings is 1. The van der Waals surface area contributed by atoms with Crippen LogP contribution in [0.1, 0.15) is 18.9 Å². The van der Waals surface area contributed by atoms with E-state index in [1.54, 1.807) is 4.68 Å². The number of nitrogens with zero attached hydrogens (tertiary/aromatic N) is 4. The van der Waals surface area contributed by atoms with E-state index >= 15 is 0 Å². The molecule has 1 aliphatic carbocycles. The van der Waals surface area contributed by atoms with Crippen LogP contribution in [-0.2, 0) is 0 Å². The van der Waals surface area contributed by atoms with E-state index in [0.717, 1.165) is 36.7 Å². The van der Waals surface area contributed by atoms with Crippen LogP contribution in [0.4, 0.5) is 14.5 Å². The minimum atomic E-state index is -0.706. The molecule has 1 aromatic carbocycles. The lowest BCUT2D eigenvalue weighted by atomic mass is 10.3. The fourth-order valence-corrected chi connectivity index (χ4v) is 2.42. The molecule has 0 spiro atoms. The Hall–Kier alpha value is -1.70. The maximum Gasteiger partial charge on any atom is 0.214 e. The topological polar surface area (TPSA) is 69.6 Å². The summed E-state index contributed by atoms with van der Waals surface area (Å²) in [6.45, 7) is 0. The summed E-state index contributed by atoms with van der Waals surface area (Å²) in [5, 5.41) is 11.5. The third-order valence-corrected chi connectivity index (χ3v) is 3.61. The van der Waals surface area contributed by atoms with Crippen LogP contribution in [-0.4, -0.2) is 20.2 Å². The molecule has 0 unspecified atom stereocenters. The molecule has 0 radical (unpaired) electrons. The first-order valence-corrected chi connectivity index (χ1v) is 6.17. The van der Waals surface area contributed by atoms with Crippen LogP contribution in [0.15, 0.2) is 22.2 Å². The van der Waals surface area contributed by atoms with Gasteiger partial charge in [0.2, 0.25) is 5.16 Å². The Morgan fingerprint density at radius 1 is 1.28 bits per heavy atom. The molecule has 0 amide bonds. The Morgan fingerprint density at radius 2 is 1.94 bits per heavy atom. The second-order valence-electron chi connectivity index (χ2n) is 4.05. The van der Waals surface area contributed by atoms with Gasteiger partial charge in [-0.2, -0.15) is 0 Å². The Kier molecular flexibility index (Phi) is 2.66. The minimum absolute atomic E-state index is 0.0520. The van der Waals surface area contributed by atoms with Crippen LogP contribution in [0.5, 0.6) is 0 Å². The fourth-order valence-electron chi connectivity index (χ4n) is 1.57. The number of benzene rings is 1. The van der Waals surface area contributed by atoms with E-state index in [1.165, 1.54) is 0 Å². The molecule has 8 heteroatoms. The average Bonchev–Trinajstić information content (AvgIpc) is 3.04. The van der Waals surface area contributed by atoms with Crippen LogP contribution in [0.3, 0.4) is 0 Å². The van der Waals surface area contributed by atoms with Gasteiger partial charge in [0, 0.05) is 5.69 Å². The molecule has 18 heavy (non-hydrogen) atoms. The third kappa shape index (κ3) is 2.03. The summed E-state index contributed by atoms with van der Waals surface area (Å²) in [4.78, 5) is -0.138. The summed E-state index contributed by atoms with van der Waals surface area (Å²) in [6.07, 6.45) is 1.98. The molecule has 2 N–H and O–H groups in total. The Labute approximate surface area is 105 Å². The van der Waals surface area contributed by atoms with Gasteiger partial charge >= 0.3 is 0 Å². The van der Waals surface area contributed by atoms with Crippen molar-refractivity contribution in [1.29, 1.82) is 0 Å². The van der Waals surface area contributed by atoms with E-state index < -0.39 is 11.6 Å². The summed E-state index contributed by atoms with van der Waals surface area (Å²) in [7, 11) is 0. The van der Waals surface area contributed by atoms with Crippen molar-refractivity contribution in [2.75, 3.05) is 5.73 Å². The van der Waals surface area contributed by atoms with E-state index in [-0.39, 0.29) is 16.6 Å². The Morgan fingerprint density at radius 3 is 2.56 bits per heavy atom. The third-order valence-electron chi connectivity index (χ3n) is 2.57. The van der Waals surface area contributed by atoms with Crippen molar-refractivity contribution in [2.24, 2.45) is 0 Å². The van der Waals surface area contributed by atoms with E-state index in [2.05, 4.69) is 15.5 Å². The molecule has 1 saturated carbocycles. The average molecular weight is 269 g/mol. The van der Waals surface area contributed by atoms with Gasteiger partial charge in [-0.25, -0.2) is 13.5 Å². The summed E-state index contributed by atoms with van der Waals surface area (Å²) < 4.78 is 28.9. The largest absolute Gasteiger partial charge is 0.399 e. The van der Waals surface area contributed by atoms with Crippen LogP contribution >= 0.6 is 11.8 Å². The monoisotopic (exact) mass is 269 g/mol. The highest BCUT2D eigenvalue weighted by Crippen LogP contribution is 2.39. The van der Waals surface area contributed by atoms with Crippen molar-refractivity contribution in [3.63, 3.8) is 0 Å². The van der Waals surface area contributed by atoms with Crippen molar-refractivity contribution in [3.05, 3.63) is 23.8 Å². The van der Waals surface area contributed by atoms with Gasteiger partial charge in [0.05, 0.1) is 10.9 Å².